The van der Waals surface area contributed by atoms with Crippen LogP contribution in [0.3, 0.4) is 0 Å². The molecule has 0 heterocycles. The van der Waals surface area contributed by atoms with Crippen molar-refractivity contribution in [3.8, 4) is 0 Å². The average molecular weight is 411 g/mol. The van der Waals surface area contributed by atoms with Gasteiger partial charge < -0.3 is 15.7 Å². The van der Waals surface area contributed by atoms with Crippen LogP contribution in [0.15, 0.2) is 77.7 Å². The van der Waals surface area contributed by atoms with Crippen LogP contribution in [0.25, 0.3) is 0 Å². The number of hydrogen-bond donors (Lipinski definition) is 4. The summed E-state index contributed by atoms with van der Waals surface area (Å²) >= 11 is 0. The molecule has 3 aromatic rings. The van der Waals surface area contributed by atoms with E-state index >= 15 is 0 Å². The monoisotopic (exact) mass is 411 g/mol. The van der Waals surface area contributed by atoms with Crippen molar-refractivity contribution in [2.75, 3.05) is 10.6 Å². The molecule has 8 heteroatoms. The Morgan fingerprint density at radius 2 is 1.38 bits per heavy atom. The molecule has 0 saturated heterocycles. The molecule has 3 aromatic carbocycles. The zero-order valence-corrected chi connectivity index (χ0v) is 16.3. The van der Waals surface area contributed by atoms with E-state index in [0.29, 0.717) is 18.8 Å². The summed E-state index contributed by atoms with van der Waals surface area (Å²) in [6.07, 6.45) is 0. The molecule has 0 atom stereocenters. The van der Waals surface area contributed by atoms with Crippen molar-refractivity contribution < 1.29 is 18.3 Å². The van der Waals surface area contributed by atoms with Crippen LogP contribution in [-0.4, -0.2) is 19.5 Å². The first-order valence-electron chi connectivity index (χ1n) is 8.84. The Morgan fingerprint density at radius 3 is 1.86 bits per heavy atom. The predicted octanol–water partition coefficient (Wildman–Crippen LogP) is 3.26. The van der Waals surface area contributed by atoms with Gasteiger partial charge in [-0.2, -0.15) is 0 Å². The summed E-state index contributed by atoms with van der Waals surface area (Å²) in [7, 11) is -4.17. The molecule has 7 nitrogen and oxygen atoms in total. The molecule has 5 N–H and O–H groups in total. The molecule has 0 saturated carbocycles. The lowest BCUT2D eigenvalue weighted by Crippen LogP contribution is -2.18. The largest absolute Gasteiger partial charge is 0.478 e. The number of anilines is 2. The van der Waals surface area contributed by atoms with Gasteiger partial charge in [0, 0.05) is 13.1 Å². The summed E-state index contributed by atoms with van der Waals surface area (Å²) in [6, 6.07) is 21.4. The lowest BCUT2D eigenvalue weighted by molar-refractivity contribution is 0.0696. The van der Waals surface area contributed by atoms with E-state index < -0.39 is 16.0 Å². The molecule has 0 bridgehead atoms. The molecule has 3 rings (SSSR count). The minimum atomic E-state index is -4.17. The Bertz CT molecular complexity index is 1100. The minimum absolute atomic E-state index is 0.171. The van der Waals surface area contributed by atoms with Crippen LogP contribution >= 0.6 is 0 Å². The Labute approximate surface area is 169 Å². The first kappa shape index (κ1) is 20.4. The number of primary sulfonamides is 1. The van der Waals surface area contributed by atoms with E-state index in [2.05, 4.69) is 10.6 Å². The number of carboxylic acids is 1. The molecule has 0 radical (unpaired) electrons. The maximum absolute atomic E-state index is 12.2. The SMILES string of the molecule is NS(=O)(=O)c1cc(C(=O)O)cc(NCc2ccccc2)c1NCc1ccccc1. The highest BCUT2D eigenvalue weighted by Crippen LogP contribution is 2.32. The standard InChI is InChI=1S/C21H21N3O4S/c22-29(27,28)19-12-17(21(25)26)11-18(23-13-15-7-3-1-4-8-15)20(19)24-14-16-9-5-2-6-10-16/h1-12,23-24H,13-14H2,(H,25,26)(H2,22,27,28). The molecule has 0 aromatic heterocycles. The van der Waals surface area contributed by atoms with Gasteiger partial charge in [0.1, 0.15) is 4.90 Å². The van der Waals surface area contributed by atoms with E-state index in [0.717, 1.165) is 17.2 Å². The quantitative estimate of drug-likeness (QED) is 0.451. The second-order valence-corrected chi connectivity index (χ2v) is 7.96. The van der Waals surface area contributed by atoms with Gasteiger partial charge in [0.05, 0.1) is 16.9 Å². The average Bonchev–Trinajstić information content (AvgIpc) is 2.71. The van der Waals surface area contributed by atoms with Crippen LogP contribution in [0.5, 0.6) is 0 Å². The summed E-state index contributed by atoms with van der Waals surface area (Å²) in [4.78, 5) is 11.2. The first-order valence-corrected chi connectivity index (χ1v) is 10.4. The number of rotatable bonds is 8. The van der Waals surface area contributed by atoms with Crippen molar-refractivity contribution in [3.63, 3.8) is 0 Å². The van der Waals surface area contributed by atoms with Crippen LogP contribution in [-0.2, 0) is 23.1 Å². The third kappa shape index (κ3) is 5.34. The minimum Gasteiger partial charge on any atom is -0.478 e. The highest BCUT2D eigenvalue weighted by molar-refractivity contribution is 7.89. The maximum Gasteiger partial charge on any atom is 0.335 e. The van der Waals surface area contributed by atoms with Gasteiger partial charge in [0.25, 0.3) is 0 Å². The summed E-state index contributed by atoms with van der Waals surface area (Å²) in [5.74, 6) is -1.24. The fourth-order valence-corrected chi connectivity index (χ4v) is 3.62. The van der Waals surface area contributed by atoms with E-state index in [1.165, 1.54) is 6.07 Å². The van der Waals surface area contributed by atoms with Gasteiger partial charge in [0.15, 0.2) is 0 Å². The number of benzene rings is 3. The van der Waals surface area contributed by atoms with Crippen LogP contribution in [0.1, 0.15) is 21.5 Å². The zero-order valence-electron chi connectivity index (χ0n) is 15.5. The lowest BCUT2D eigenvalue weighted by atomic mass is 10.1. The Balaban J connectivity index is 2.01. The number of carbonyl (C=O) groups is 1. The molecular weight excluding hydrogens is 390 g/mol. The summed E-state index contributed by atoms with van der Waals surface area (Å²) in [5, 5.41) is 21.0. The van der Waals surface area contributed by atoms with Crippen molar-refractivity contribution in [2.24, 2.45) is 5.14 Å². The maximum atomic E-state index is 12.2. The number of nitrogens with one attached hydrogen (secondary N) is 2. The molecule has 0 unspecified atom stereocenters. The van der Waals surface area contributed by atoms with E-state index in [-0.39, 0.29) is 16.1 Å². The second kappa shape index (κ2) is 8.76. The molecule has 0 fully saturated rings. The van der Waals surface area contributed by atoms with Gasteiger partial charge in [-0.05, 0) is 23.3 Å². The smallest absolute Gasteiger partial charge is 0.335 e. The highest BCUT2D eigenvalue weighted by atomic mass is 32.2. The van der Waals surface area contributed by atoms with Crippen molar-refractivity contribution in [3.05, 3.63) is 89.5 Å². The molecule has 0 aliphatic rings. The molecular formula is C21H21N3O4S. The van der Waals surface area contributed by atoms with Crippen molar-refractivity contribution >= 4 is 27.4 Å². The Hall–Kier alpha value is -3.36. The summed E-state index contributed by atoms with van der Waals surface area (Å²) in [6.45, 7) is 0.726. The van der Waals surface area contributed by atoms with Gasteiger partial charge in [-0.3, -0.25) is 0 Å². The van der Waals surface area contributed by atoms with Gasteiger partial charge in [0.2, 0.25) is 10.0 Å². The molecule has 0 spiro atoms. The molecule has 0 aliphatic heterocycles. The van der Waals surface area contributed by atoms with Crippen LogP contribution in [0, 0.1) is 0 Å². The normalized spacial score (nSPS) is 11.1. The molecule has 0 aliphatic carbocycles. The fourth-order valence-electron chi connectivity index (χ4n) is 2.86. The fraction of sp³-hybridized carbons (Fsp3) is 0.0952. The third-order valence-electron chi connectivity index (χ3n) is 4.29. The van der Waals surface area contributed by atoms with Crippen LogP contribution in [0.4, 0.5) is 11.4 Å². The van der Waals surface area contributed by atoms with E-state index in [1.54, 1.807) is 0 Å². The first-order chi connectivity index (χ1) is 13.8. The van der Waals surface area contributed by atoms with Crippen LogP contribution < -0.4 is 15.8 Å². The lowest BCUT2D eigenvalue weighted by Gasteiger charge is -2.18. The number of nitrogens with two attached hydrogens (primary N) is 1. The zero-order chi connectivity index (χ0) is 20.9. The van der Waals surface area contributed by atoms with E-state index in [4.69, 9.17) is 5.14 Å². The molecule has 0 amide bonds. The van der Waals surface area contributed by atoms with Crippen molar-refractivity contribution in [1.29, 1.82) is 0 Å². The van der Waals surface area contributed by atoms with Gasteiger partial charge >= 0.3 is 5.97 Å². The predicted molar refractivity (Wildman–Crippen MR) is 112 cm³/mol. The van der Waals surface area contributed by atoms with Gasteiger partial charge in [-0.15, -0.1) is 0 Å². The third-order valence-corrected chi connectivity index (χ3v) is 5.23. The van der Waals surface area contributed by atoms with Crippen molar-refractivity contribution in [1.82, 2.24) is 0 Å². The summed E-state index contributed by atoms with van der Waals surface area (Å²) < 4.78 is 24.4. The molecule has 150 valence electrons. The topological polar surface area (TPSA) is 122 Å². The number of aromatic carboxylic acids is 1. The number of carboxylic acid groups (broad SMARTS) is 1. The van der Waals surface area contributed by atoms with E-state index in [1.807, 2.05) is 60.7 Å². The highest BCUT2D eigenvalue weighted by Gasteiger charge is 2.21. The summed E-state index contributed by atoms with van der Waals surface area (Å²) in [5.41, 5.74) is 2.30. The number of sulfonamides is 1. The number of hydrogen-bond acceptors (Lipinski definition) is 5. The van der Waals surface area contributed by atoms with E-state index in [9.17, 15) is 18.3 Å². The van der Waals surface area contributed by atoms with Gasteiger partial charge in [-0.25, -0.2) is 18.4 Å². The van der Waals surface area contributed by atoms with Crippen molar-refractivity contribution in [2.45, 2.75) is 18.0 Å². The Kier molecular flexibility index (Phi) is 6.16. The Morgan fingerprint density at radius 1 is 0.862 bits per heavy atom. The molecule has 29 heavy (non-hydrogen) atoms. The van der Waals surface area contributed by atoms with Crippen LogP contribution in [0.2, 0.25) is 0 Å². The van der Waals surface area contributed by atoms with Gasteiger partial charge in [-0.1, -0.05) is 60.7 Å². The second-order valence-electron chi connectivity index (χ2n) is 6.43.